The number of nitro groups is 1. The summed E-state index contributed by atoms with van der Waals surface area (Å²) in [5.74, 6) is 0.519. The normalized spacial score (nSPS) is 11.0. The van der Waals surface area contributed by atoms with Crippen molar-refractivity contribution in [2.24, 2.45) is 0 Å². The summed E-state index contributed by atoms with van der Waals surface area (Å²) >= 11 is 7.34. The fraction of sp³-hybridized carbons (Fsp3) is 0.0526. The highest BCUT2D eigenvalue weighted by Gasteiger charge is 2.13. The zero-order valence-electron chi connectivity index (χ0n) is 13.8. The highest BCUT2D eigenvalue weighted by Crippen LogP contribution is 2.31. The van der Waals surface area contributed by atoms with Crippen LogP contribution in [0.2, 0.25) is 5.02 Å². The average Bonchev–Trinajstić information content (AvgIpc) is 3.07. The standard InChI is InChI=1S/C19H12ClN3O3S/c20-13-5-3-12(4-6-13)15-10-27-19-17(15)18(24)21-16(22-19)9-11-1-7-14(8-2-11)23(25)26/h1-8,10H,9H2,(H,21,22,24). The number of halogens is 1. The fourth-order valence-electron chi connectivity index (χ4n) is 2.85. The molecule has 0 unspecified atom stereocenters. The van der Waals surface area contributed by atoms with Crippen LogP contribution in [0.3, 0.4) is 0 Å². The highest BCUT2D eigenvalue weighted by molar-refractivity contribution is 7.17. The molecular weight excluding hydrogens is 386 g/mol. The molecular formula is C19H12ClN3O3S. The lowest BCUT2D eigenvalue weighted by Crippen LogP contribution is -2.11. The van der Waals surface area contributed by atoms with E-state index in [9.17, 15) is 14.9 Å². The van der Waals surface area contributed by atoms with Gasteiger partial charge in [0.25, 0.3) is 11.2 Å². The van der Waals surface area contributed by atoms with Crippen LogP contribution in [0.25, 0.3) is 21.3 Å². The van der Waals surface area contributed by atoms with E-state index in [0.29, 0.717) is 27.5 Å². The molecule has 4 aromatic rings. The van der Waals surface area contributed by atoms with Gasteiger partial charge in [0.2, 0.25) is 0 Å². The average molecular weight is 398 g/mol. The predicted octanol–water partition coefficient (Wildman–Crippen LogP) is 4.80. The van der Waals surface area contributed by atoms with E-state index < -0.39 is 4.92 Å². The van der Waals surface area contributed by atoms with E-state index in [4.69, 9.17) is 11.6 Å². The van der Waals surface area contributed by atoms with E-state index in [-0.39, 0.29) is 11.2 Å². The van der Waals surface area contributed by atoms with E-state index >= 15 is 0 Å². The third-order valence-corrected chi connectivity index (χ3v) is 5.29. The van der Waals surface area contributed by atoms with Gasteiger partial charge in [0.1, 0.15) is 10.7 Å². The molecule has 0 aliphatic heterocycles. The molecule has 1 N–H and O–H groups in total. The number of benzene rings is 2. The maximum absolute atomic E-state index is 12.7. The van der Waals surface area contributed by atoms with E-state index in [1.54, 1.807) is 24.3 Å². The van der Waals surface area contributed by atoms with Crippen LogP contribution in [0.1, 0.15) is 11.4 Å². The summed E-state index contributed by atoms with van der Waals surface area (Å²) in [6.07, 6.45) is 0.386. The summed E-state index contributed by atoms with van der Waals surface area (Å²) in [7, 11) is 0. The number of hydrogen-bond donors (Lipinski definition) is 1. The van der Waals surface area contributed by atoms with Crippen molar-refractivity contribution in [1.82, 2.24) is 9.97 Å². The topological polar surface area (TPSA) is 88.9 Å². The number of hydrogen-bond acceptors (Lipinski definition) is 5. The minimum Gasteiger partial charge on any atom is -0.310 e. The van der Waals surface area contributed by atoms with Crippen LogP contribution in [-0.4, -0.2) is 14.9 Å². The lowest BCUT2D eigenvalue weighted by atomic mass is 10.1. The molecule has 0 spiro atoms. The Kier molecular flexibility index (Phi) is 4.47. The molecule has 2 aromatic carbocycles. The van der Waals surface area contributed by atoms with Crippen LogP contribution in [0.15, 0.2) is 58.7 Å². The third kappa shape index (κ3) is 3.47. The molecule has 0 saturated heterocycles. The first-order valence-electron chi connectivity index (χ1n) is 8.01. The summed E-state index contributed by atoms with van der Waals surface area (Å²) in [6, 6.07) is 13.5. The molecule has 0 aliphatic rings. The molecule has 0 fully saturated rings. The second-order valence-electron chi connectivity index (χ2n) is 5.95. The second kappa shape index (κ2) is 6.94. The first kappa shape index (κ1) is 17.4. The maximum atomic E-state index is 12.7. The molecule has 2 aromatic heterocycles. The van der Waals surface area contributed by atoms with Crippen LogP contribution in [0, 0.1) is 10.1 Å². The summed E-state index contributed by atoms with van der Waals surface area (Å²) < 4.78 is 0. The SMILES string of the molecule is O=c1[nH]c(Cc2ccc([N+](=O)[O-])cc2)nc2scc(-c3ccc(Cl)cc3)c12. The Bertz CT molecular complexity index is 1200. The Balaban J connectivity index is 1.69. The largest absolute Gasteiger partial charge is 0.310 e. The van der Waals surface area contributed by atoms with Gasteiger partial charge < -0.3 is 4.98 Å². The van der Waals surface area contributed by atoms with E-state index in [1.165, 1.54) is 23.5 Å². The quantitative estimate of drug-likeness (QED) is 0.395. The van der Waals surface area contributed by atoms with Gasteiger partial charge in [-0.2, -0.15) is 0 Å². The molecule has 6 nitrogen and oxygen atoms in total. The van der Waals surface area contributed by atoms with Crippen molar-refractivity contribution in [3.63, 3.8) is 0 Å². The van der Waals surface area contributed by atoms with Gasteiger partial charge in [-0.3, -0.25) is 14.9 Å². The minimum absolute atomic E-state index is 0.0292. The maximum Gasteiger partial charge on any atom is 0.269 e. The number of nitrogens with zero attached hydrogens (tertiary/aromatic N) is 2. The number of fused-ring (bicyclic) bond motifs is 1. The monoisotopic (exact) mass is 397 g/mol. The smallest absolute Gasteiger partial charge is 0.269 e. The Hall–Kier alpha value is -3.03. The number of nitro benzene ring substituents is 1. The lowest BCUT2D eigenvalue weighted by molar-refractivity contribution is -0.384. The van der Waals surface area contributed by atoms with Crippen LogP contribution in [0.4, 0.5) is 5.69 Å². The number of aromatic nitrogens is 2. The zero-order valence-corrected chi connectivity index (χ0v) is 15.4. The number of aromatic amines is 1. The van der Waals surface area contributed by atoms with Gasteiger partial charge in [-0.05, 0) is 23.3 Å². The minimum atomic E-state index is -0.445. The van der Waals surface area contributed by atoms with Crippen molar-refractivity contribution in [1.29, 1.82) is 0 Å². The number of nitrogens with one attached hydrogen (secondary N) is 1. The van der Waals surface area contributed by atoms with Gasteiger partial charge in [-0.15, -0.1) is 11.3 Å². The van der Waals surface area contributed by atoms with Crippen molar-refractivity contribution in [2.75, 3.05) is 0 Å². The molecule has 0 aliphatic carbocycles. The van der Waals surface area contributed by atoms with Gasteiger partial charge in [0, 0.05) is 34.5 Å². The molecule has 27 heavy (non-hydrogen) atoms. The third-order valence-electron chi connectivity index (χ3n) is 4.17. The summed E-state index contributed by atoms with van der Waals surface area (Å²) in [5.41, 5.74) is 2.38. The van der Waals surface area contributed by atoms with Crippen LogP contribution in [-0.2, 0) is 6.42 Å². The van der Waals surface area contributed by atoms with Crippen molar-refractivity contribution in [2.45, 2.75) is 6.42 Å². The highest BCUT2D eigenvalue weighted by atomic mass is 35.5. The Morgan fingerprint density at radius 1 is 1.11 bits per heavy atom. The van der Waals surface area contributed by atoms with Crippen molar-refractivity contribution >= 4 is 38.8 Å². The second-order valence-corrected chi connectivity index (χ2v) is 7.24. The molecule has 0 bridgehead atoms. The molecule has 0 atom stereocenters. The first-order chi connectivity index (χ1) is 13.0. The fourth-order valence-corrected chi connectivity index (χ4v) is 3.94. The molecule has 4 rings (SSSR count). The molecule has 2 heterocycles. The van der Waals surface area contributed by atoms with Crippen LogP contribution < -0.4 is 5.56 Å². The molecule has 0 radical (unpaired) electrons. The molecule has 0 amide bonds. The van der Waals surface area contributed by atoms with Gasteiger partial charge in [0.15, 0.2) is 0 Å². The number of rotatable bonds is 4. The Morgan fingerprint density at radius 3 is 2.48 bits per heavy atom. The van der Waals surface area contributed by atoms with Gasteiger partial charge in [0.05, 0.1) is 10.3 Å². The lowest BCUT2D eigenvalue weighted by Gasteiger charge is -2.03. The van der Waals surface area contributed by atoms with Crippen molar-refractivity contribution in [3.8, 4) is 11.1 Å². The number of H-pyrrole nitrogens is 1. The Morgan fingerprint density at radius 2 is 1.81 bits per heavy atom. The summed E-state index contributed by atoms with van der Waals surface area (Å²) in [5, 5.41) is 13.8. The molecule has 134 valence electrons. The Labute approximate surface area is 162 Å². The predicted molar refractivity (Wildman–Crippen MR) is 107 cm³/mol. The summed E-state index contributed by atoms with van der Waals surface area (Å²) in [6.45, 7) is 0. The van der Waals surface area contributed by atoms with Crippen molar-refractivity contribution in [3.05, 3.63) is 90.8 Å². The molecule has 8 heteroatoms. The van der Waals surface area contributed by atoms with Crippen LogP contribution in [0.5, 0.6) is 0 Å². The van der Waals surface area contributed by atoms with Crippen molar-refractivity contribution < 1.29 is 4.92 Å². The number of non-ortho nitro benzene ring substituents is 1. The van der Waals surface area contributed by atoms with Gasteiger partial charge >= 0.3 is 0 Å². The molecule has 0 saturated carbocycles. The summed E-state index contributed by atoms with van der Waals surface area (Å²) in [4.78, 5) is 31.0. The van der Waals surface area contributed by atoms with Crippen LogP contribution >= 0.6 is 22.9 Å². The first-order valence-corrected chi connectivity index (χ1v) is 9.27. The van der Waals surface area contributed by atoms with E-state index in [0.717, 1.165) is 16.7 Å². The van der Waals surface area contributed by atoms with E-state index in [1.807, 2.05) is 17.5 Å². The van der Waals surface area contributed by atoms with Gasteiger partial charge in [-0.25, -0.2) is 4.98 Å². The number of thiophene rings is 1. The van der Waals surface area contributed by atoms with Gasteiger partial charge in [-0.1, -0.05) is 35.9 Å². The zero-order chi connectivity index (χ0) is 19.0. The van der Waals surface area contributed by atoms with E-state index in [2.05, 4.69) is 9.97 Å².